The molecule has 0 amide bonds. The Labute approximate surface area is 136 Å². The second kappa shape index (κ2) is 6.85. The summed E-state index contributed by atoms with van der Waals surface area (Å²) in [5.41, 5.74) is 0. The van der Waals surface area contributed by atoms with E-state index in [9.17, 15) is 8.42 Å². The molecule has 1 saturated heterocycles. The smallest absolute Gasteiger partial charge is 0.241 e. The summed E-state index contributed by atoms with van der Waals surface area (Å²) in [6.07, 6.45) is -0.113. The van der Waals surface area contributed by atoms with Gasteiger partial charge in [-0.2, -0.15) is 0 Å². The molecule has 1 aliphatic heterocycles. The van der Waals surface area contributed by atoms with Gasteiger partial charge in [0.15, 0.2) is 0 Å². The lowest BCUT2D eigenvalue weighted by Gasteiger charge is -2.30. The zero-order chi connectivity index (χ0) is 14.8. The van der Waals surface area contributed by atoms with Gasteiger partial charge in [0, 0.05) is 28.6 Å². The van der Waals surface area contributed by atoms with Crippen LogP contribution in [0.3, 0.4) is 0 Å². The number of benzene rings is 1. The Morgan fingerprint density at radius 3 is 2.85 bits per heavy atom. The number of hydrogen-bond acceptors (Lipinski definition) is 4. The second-order valence-corrected chi connectivity index (χ2v) is 8.19. The maximum Gasteiger partial charge on any atom is 0.241 e. The molecule has 2 rings (SSSR count). The molecule has 1 aromatic rings. The Hall–Kier alpha value is 0.01000. The van der Waals surface area contributed by atoms with Crippen LogP contribution >= 0.6 is 31.9 Å². The quantitative estimate of drug-likeness (QED) is 0.796. The summed E-state index contributed by atoms with van der Waals surface area (Å²) in [4.78, 5) is 2.35. The average Bonchev–Trinajstić information content (AvgIpc) is 2.36. The third-order valence-electron chi connectivity index (χ3n) is 3.03. The molecular formula is C12H16Br2N2O3S. The Morgan fingerprint density at radius 1 is 1.45 bits per heavy atom. The molecule has 20 heavy (non-hydrogen) atoms. The lowest BCUT2D eigenvalue weighted by atomic mass is 10.3. The first-order chi connectivity index (χ1) is 9.38. The number of morpholine rings is 1. The third-order valence-corrected chi connectivity index (χ3v) is 5.92. The molecule has 8 heteroatoms. The summed E-state index contributed by atoms with van der Waals surface area (Å²) in [6.45, 7) is 2.51. The fourth-order valence-corrected chi connectivity index (χ4v) is 4.77. The lowest BCUT2D eigenvalue weighted by molar-refractivity contribution is -0.0156. The fourth-order valence-electron chi connectivity index (χ4n) is 1.96. The standard InChI is InChI=1S/C12H16Br2N2O3S/c1-16-4-5-19-10(8-16)7-15-20(17,18)12-3-2-9(13)6-11(12)14/h2-3,6,10,15H,4-5,7-8H2,1H3. The van der Waals surface area contributed by atoms with Crippen LogP contribution in [-0.2, 0) is 14.8 Å². The molecule has 1 heterocycles. The van der Waals surface area contributed by atoms with Crippen LogP contribution in [0.2, 0.25) is 0 Å². The van der Waals surface area contributed by atoms with Crippen molar-refractivity contribution in [1.82, 2.24) is 9.62 Å². The molecule has 0 bridgehead atoms. The minimum absolute atomic E-state index is 0.113. The highest BCUT2D eigenvalue weighted by molar-refractivity contribution is 9.11. The molecule has 0 radical (unpaired) electrons. The van der Waals surface area contributed by atoms with E-state index in [-0.39, 0.29) is 17.5 Å². The Morgan fingerprint density at radius 2 is 2.20 bits per heavy atom. The van der Waals surface area contributed by atoms with Gasteiger partial charge in [0.25, 0.3) is 0 Å². The van der Waals surface area contributed by atoms with Crippen molar-refractivity contribution in [3.8, 4) is 0 Å². The number of ether oxygens (including phenoxy) is 1. The molecule has 0 spiro atoms. The summed E-state index contributed by atoms with van der Waals surface area (Å²) < 4.78 is 34.0. The van der Waals surface area contributed by atoms with Crippen molar-refractivity contribution in [2.45, 2.75) is 11.0 Å². The van der Waals surface area contributed by atoms with Crippen LogP contribution in [0.4, 0.5) is 0 Å². The van der Waals surface area contributed by atoms with Crippen molar-refractivity contribution in [1.29, 1.82) is 0 Å². The van der Waals surface area contributed by atoms with Gasteiger partial charge in [-0.25, -0.2) is 13.1 Å². The zero-order valence-corrected chi connectivity index (χ0v) is 15.0. The predicted molar refractivity (Wildman–Crippen MR) is 84.3 cm³/mol. The van der Waals surface area contributed by atoms with Gasteiger partial charge in [-0.05, 0) is 41.2 Å². The first-order valence-electron chi connectivity index (χ1n) is 6.13. The molecule has 1 N–H and O–H groups in total. The SMILES string of the molecule is CN1CCOC(CNS(=O)(=O)c2ccc(Br)cc2Br)C1. The number of hydrogen-bond donors (Lipinski definition) is 1. The van der Waals surface area contributed by atoms with Gasteiger partial charge >= 0.3 is 0 Å². The number of halogens is 2. The van der Waals surface area contributed by atoms with Crippen LogP contribution in [0.1, 0.15) is 0 Å². The Bertz CT molecular complexity index is 580. The number of nitrogens with one attached hydrogen (secondary N) is 1. The second-order valence-electron chi connectivity index (χ2n) is 4.68. The van der Waals surface area contributed by atoms with Crippen molar-refractivity contribution in [3.05, 3.63) is 27.1 Å². The maximum absolute atomic E-state index is 12.3. The summed E-state index contributed by atoms with van der Waals surface area (Å²) in [6, 6.07) is 4.97. The van der Waals surface area contributed by atoms with Gasteiger partial charge in [0.05, 0.1) is 17.6 Å². The maximum atomic E-state index is 12.3. The molecule has 0 aromatic heterocycles. The molecule has 1 aliphatic rings. The number of nitrogens with zero attached hydrogens (tertiary/aromatic N) is 1. The van der Waals surface area contributed by atoms with Gasteiger partial charge in [-0.1, -0.05) is 15.9 Å². The van der Waals surface area contributed by atoms with Crippen LogP contribution in [0.25, 0.3) is 0 Å². The van der Waals surface area contributed by atoms with Crippen molar-refractivity contribution in [3.63, 3.8) is 0 Å². The molecule has 0 aliphatic carbocycles. The van der Waals surface area contributed by atoms with Gasteiger partial charge in [-0.3, -0.25) is 0 Å². The summed E-state index contributed by atoms with van der Waals surface area (Å²) in [5, 5.41) is 0. The van der Waals surface area contributed by atoms with Crippen molar-refractivity contribution < 1.29 is 13.2 Å². The summed E-state index contributed by atoms with van der Waals surface area (Å²) >= 11 is 6.57. The highest BCUT2D eigenvalue weighted by atomic mass is 79.9. The van der Waals surface area contributed by atoms with E-state index < -0.39 is 10.0 Å². The molecule has 1 unspecified atom stereocenters. The first-order valence-corrected chi connectivity index (χ1v) is 9.20. The molecule has 0 saturated carbocycles. The first kappa shape index (κ1) is 16.4. The van der Waals surface area contributed by atoms with E-state index in [0.29, 0.717) is 11.1 Å². The van der Waals surface area contributed by atoms with E-state index in [0.717, 1.165) is 17.6 Å². The van der Waals surface area contributed by atoms with Gasteiger partial charge in [-0.15, -0.1) is 0 Å². The number of sulfonamides is 1. The van der Waals surface area contributed by atoms with E-state index in [1.165, 1.54) is 0 Å². The number of likely N-dealkylation sites (N-methyl/N-ethyl adjacent to an activating group) is 1. The number of rotatable bonds is 4. The van der Waals surface area contributed by atoms with E-state index in [4.69, 9.17) is 4.74 Å². The molecule has 112 valence electrons. The van der Waals surface area contributed by atoms with E-state index in [1.807, 2.05) is 7.05 Å². The fraction of sp³-hybridized carbons (Fsp3) is 0.500. The highest BCUT2D eigenvalue weighted by Crippen LogP contribution is 2.25. The van der Waals surface area contributed by atoms with E-state index in [2.05, 4.69) is 41.5 Å². The predicted octanol–water partition coefficient (Wildman–Crippen LogP) is 1.82. The zero-order valence-electron chi connectivity index (χ0n) is 11.0. The molecule has 1 atom stereocenters. The van der Waals surface area contributed by atoms with Crippen molar-refractivity contribution >= 4 is 41.9 Å². The van der Waals surface area contributed by atoms with Gasteiger partial charge < -0.3 is 9.64 Å². The third kappa shape index (κ3) is 4.25. The largest absolute Gasteiger partial charge is 0.374 e. The molecule has 1 aromatic carbocycles. The van der Waals surface area contributed by atoms with Crippen molar-refractivity contribution in [2.75, 3.05) is 33.3 Å². The van der Waals surface area contributed by atoms with Crippen LogP contribution in [0, 0.1) is 0 Å². The van der Waals surface area contributed by atoms with Crippen LogP contribution in [0.5, 0.6) is 0 Å². The lowest BCUT2D eigenvalue weighted by Crippen LogP contribution is -2.45. The average molecular weight is 428 g/mol. The molecular weight excluding hydrogens is 412 g/mol. The minimum atomic E-state index is -3.54. The van der Waals surface area contributed by atoms with E-state index in [1.54, 1.807) is 18.2 Å². The monoisotopic (exact) mass is 426 g/mol. The van der Waals surface area contributed by atoms with Crippen LogP contribution in [-0.4, -0.2) is 52.7 Å². The Balaban J connectivity index is 2.03. The van der Waals surface area contributed by atoms with Gasteiger partial charge in [0.2, 0.25) is 10.0 Å². The van der Waals surface area contributed by atoms with E-state index >= 15 is 0 Å². The Kier molecular flexibility index (Phi) is 5.61. The normalized spacial score (nSPS) is 21.1. The summed E-state index contributed by atoms with van der Waals surface area (Å²) in [5.74, 6) is 0. The topological polar surface area (TPSA) is 58.6 Å². The van der Waals surface area contributed by atoms with Crippen LogP contribution < -0.4 is 4.72 Å². The van der Waals surface area contributed by atoms with Gasteiger partial charge in [0.1, 0.15) is 0 Å². The van der Waals surface area contributed by atoms with Crippen molar-refractivity contribution in [2.24, 2.45) is 0 Å². The molecule has 1 fully saturated rings. The highest BCUT2D eigenvalue weighted by Gasteiger charge is 2.22. The summed E-state index contributed by atoms with van der Waals surface area (Å²) in [7, 11) is -1.55. The minimum Gasteiger partial charge on any atom is -0.374 e. The van der Waals surface area contributed by atoms with Crippen LogP contribution in [0.15, 0.2) is 32.0 Å². The molecule has 5 nitrogen and oxygen atoms in total.